The van der Waals surface area contributed by atoms with Crippen molar-refractivity contribution in [1.82, 2.24) is 5.01 Å². The molecule has 4 aromatic rings. The van der Waals surface area contributed by atoms with E-state index in [1.165, 1.54) is 19.1 Å². The highest BCUT2D eigenvalue weighted by molar-refractivity contribution is 7.99. The Balaban J connectivity index is 1.38. The number of rotatable bonds is 7. The maximum Gasteiger partial charge on any atom is 0.340 e. The minimum Gasteiger partial charge on any atom is -0.493 e. The Kier molecular flexibility index (Phi) is 6.62. The molecule has 0 bridgehead atoms. The Morgan fingerprint density at radius 2 is 1.62 bits per heavy atom. The molecule has 2 heterocycles. The zero-order chi connectivity index (χ0) is 26.9. The first-order valence-corrected chi connectivity index (χ1v) is 13.3. The molecule has 0 fully saturated rings. The number of para-hydroxylation sites is 1. The van der Waals surface area contributed by atoms with E-state index in [-0.39, 0.29) is 17.4 Å². The first-order chi connectivity index (χ1) is 19.1. The summed E-state index contributed by atoms with van der Waals surface area (Å²) in [6.45, 7) is 0. The van der Waals surface area contributed by atoms with E-state index in [1.54, 1.807) is 23.9 Å². The van der Waals surface area contributed by atoms with Crippen molar-refractivity contribution >= 4 is 23.4 Å². The number of hydrogen-bond acceptors (Lipinski definition) is 7. The molecule has 0 unspecified atom stereocenters. The van der Waals surface area contributed by atoms with Gasteiger partial charge in [0.25, 0.3) is 0 Å². The zero-order valence-electron chi connectivity index (χ0n) is 21.4. The fourth-order valence-corrected chi connectivity index (χ4v) is 5.96. The van der Waals surface area contributed by atoms with E-state index in [1.807, 2.05) is 47.5 Å². The van der Waals surface area contributed by atoms with Crippen LogP contribution in [0.4, 0.5) is 0 Å². The largest absolute Gasteiger partial charge is 0.493 e. The average Bonchev–Trinajstić information content (AvgIpc) is 3.43. The number of hydrogen-bond donors (Lipinski definition) is 1. The maximum atomic E-state index is 12.5. The number of nitrogens with zero attached hydrogens (tertiary/aromatic N) is 2. The van der Waals surface area contributed by atoms with E-state index in [0.29, 0.717) is 23.5 Å². The molecule has 7 nitrogen and oxygen atoms in total. The molecule has 39 heavy (non-hydrogen) atoms. The monoisotopic (exact) mass is 538 g/mol. The van der Waals surface area contributed by atoms with Crippen LogP contribution in [0.2, 0.25) is 0 Å². The SMILES string of the molecule is COc1ccc([C@@H]2Oc3ccccc3[C@@H]3CC(c4ccc(Sc5ccccc5)cc4)=NN32)c(C(=O)O)c1OC. The Labute approximate surface area is 230 Å². The Hall–Kier alpha value is -4.43. The fourth-order valence-electron chi connectivity index (χ4n) is 5.12. The number of ether oxygens (including phenoxy) is 3. The topological polar surface area (TPSA) is 80.6 Å². The summed E-state index contributed by atoms with van der Waals surface area (Å²) in [6, 6.07) is 29.8. The summed E-state index contributed by atoms with van der Waals surface area (Å²) in [5.74, 6) is 0.0671. The summed E-state index contributed by atoms with van der Waals surface area (Å²) >= 11 is 1.71. The number of carboxylic acids is 1. The summed E-state index contributed by atoms with van der Waals surface area (Å²) in [4.78, 5) is 14.8. The maximum absolute atomic E-state index is 12.5. The normalized spacial score (nSPS) is 17.5. The number of fused-ring (bicyclic) bond motifs is 3. The van der Waals surface area contributed by atoms with Crippen molar-refractivity contribution in [1.29, 1.82) is 0 Å². The van der Waals surface area contributed by atoms with Gasteiger partial charge in [-0.1, -0.05) is 60.3 Å². The summed E-state index contributed by atoms with van der Waals surface area (Å²) in [5.41, 5.74) is 3.38. The third-order valence-corrected chi connectivity index (χ3v) is 7.94. The van der Waals surface area contributed by atoms with Crippen LogP contribution in [0, 0.1) is 0 Å². The van der Waals surface area contributed by atoms with Crippen molar-refractivity contribution in [3.05, 3.63) is 113 Å². The second-order valence-electron chi connectivity index (χ2n) is 9.16. The van der Waals surface area contributed by atoms with Gasteiger partial charge in [0.05, 0.1) is 26.0 Å². The first-order valence-electron chi connectivity index (χ1n) is 12.5. The van der Waals surface area contributed by atoms with Gasteiger partial charge in [0.2, 0.25) is 6.23 Å². The average molecular weight is 539 g/mol. The van der Waals surface area contributed by atoms with Gasteiger partial charge in [-0.05, 0) is 48.0 Å². The standard InChI is InChI=1S/C31H26N2O5S/c1-36-27-17-16-23(28(31(34)35)29(27)37-2)30-33-25(22-10-6-7-11-26(22)38-30)18-24(32-33)19-12-14-21(15-13-19)39-20-8-4-3-5-9-20/h3-17,25,30H,18H2,1-2H3,(H,34,35)/t25-,30-/m0/s1. The van der Waals surface area contributed by atoms with Crippen LogP contribution in [-0.2, 0) is 0 Å². The molecule has 6 rings (SSSR count). The highest BCUT2D eigenvalue weighted by atomic mass is 32.2. The summed E-state index contributed by atoms with van der Waals surface area (Å²) in [7, 11) is 2.91. The lowest BCUT2D eigenvalue weighted by Gasteiger charge is -2.38. The number of carboxylic acid groups (broad SMARTS) is 1. The molecule has 4 aromatic carbocycles. The number of aromatic carboxylic acids is 1. The molecule has 0 saturated carbocycles. The molecule has 2 aliphatic rings. The molecule has 1 N–H and O–H groups in total. The lowest BCUT2D eigenvalue weighted by atomic mass is 9.95. The Morgan fingerprint density at radius 1 is 0.897 bits per heavy atom. The quantitative estimate of drug-likeness (QED) is 0.277. The molecular weight excluding hydrogens is 512 g/mol. The second kappa shape index (κ2) is 10.4. The van der Waals surface area contributed by atoms with E-state index >= 15 is 0 Å². The van der Waals surface area contributed by atoms with Gasteiger partial charge in [0, 0.05) is 27.3 Å². The van der Waals surface area contributed by atoms with Gasteiger partial charge in [0.15, 0.2) is 11.5 Å². The molecule has 0 saturated heterocycles. The van der Waals surface area contributed by atoms with Crippen LogP contribution >= 0.6 is 11.8 Å². The van der Waals surface area contributed by atoms with E-state index in [0.717, 1.165) is 21.7 Å². The minimum absolute atomic E-state index is 0.00841. The third-order valence-electron chi connectivity index (χ3n) is 6.92. The summed E-state index contributed by atoms with van der Waals surface area (Å²) in [6.07, 6.45) is -0.0983. The van der Waals surface area contributed by atoms with Gasteiger partial charge in [0.1, 0.15) is 11.3 Å². The van der Waals surface area contributed by atoms with Gasteiger partial charge in [-0.3, -0.25) is 0 Å². The number of carbonyl (C=O) groups is 1. The van der Waals surface area contributed by atoms with E-state index in [4.69, 9.17) is 19.3 Å². The smallest absolute Gasteiger partial charge is 0.340 e. The van der Waals surface area contributed by atoms with Crippen molar-refractivity contribution in [2.45, 2.75) is 28.5 Å². The van der Waals surface area contributed by atoms with Crippen molar-refractivity contribution in [2.75, 3.05) is 14.2 Å². The van der Waals surface area contributed by atoms with Crippen LogP contribution in [0.15, 0.2) is 106 Å². The first kappa shape index (κ1) is 24.9. The number of hydrazone groups is 1. The van der Waals surface area contributed by atoms with Crippen LogP contribution in [0.3, 0.4) is 0 Å². The molecule has 196 valence electrons. The van der Waals surface area contributed by atoms with Crippen molar-refractivity contribution in [3.8, 4) is 17.2 Å². The van der Waals surface area contributed by atoms with Crippen LogP contribution in [0.25, 0.3) is 0 Å². The van der Waals surface area contributed by atoms with Gasteiger partial charge in [-0.25, -0.2) is 9.80 Å². The zero-order valence-corrected chi connectivity index (χ0v) is 22.2. The highest BCUT2D eigenvalue weighted by Crippen LogP contribution is 2.49. The number of benzene rings is 4. The predicted molar refractivity (Wildman–Crippen MR) is 149 cm³/mol. The summed E-state index contributed by atoms with van der Waals surface area (Å²) in [5, 5.41) is 17.1. The lowest BCUT2D eigenvalue weighted by Crippen LogP contribution is -2.34. The molecule has 0 amide bonds. The van der Waals surface area contributed by atoms with Gasteiger partial charge in [-0.15, -0.1) is 0 Å². The molecule has 0 radical (unpaired) electrons. The minimum atomic E-state index is -1.13. The van der Waals surface area contributed by atoms with E-state index in [2.05, 4.69) is 36.4 Å². The summed E-state index contributed by atoms with van der Waals surface area (Å²) < 4.78 is 17.3. The van der Waals surface area contributed by atoms with Crippen LogP contribution in [0.1, 0.15) is 45.7 Å². The number of methoxy groups -OCH3 is 2. The van der Waals surface area contributed by atoms with Gasteiger partial charge >= 0.3 is 5.97 Å². The van der Waals surface area contributed by atoms with Crippen LogP contribution < -0.4 is 14.2 Å². The molecule has 0 aliphatic carbocycles. The van der Waals surface area contributed by atoms with Crippen LogP contribution in [0.5, 0.6) is 17.2 Å². The van der Waals surface area contributed by atoms with Crippen molar-refractivity contribution in [2.24, 2.45) is 5.10 Å². The van der Waals surface area contributed by atoms with Gasteiger partial charge in [-0.2, -0.15) is 5.10 Å². The predicted octanol–water partition coefficient (Wildman–Crippen LogP) is 6.80. The van der Waals surface area contributed by atoms with Crippen molar-refractivity contribution in [3.63, 3.8) is 0 Å². The molecule has 2 aliphatic heterocycles. The Morgan fingerprint density at radius 3 is 2.33 bits per heavy atom. The molecule has 0 spiro atoms. The third kappa shape index (κ3) is 4.57. The van der Waals surface area contributed by atoms with E-state index < -0.39 is 12.2 Å². The highest BCUT2D eigenvalue weighted by Gasteiger charge is 2.43. The van der Waals surface area contributed by atoms with Crippen molar-refractivity contribution < 1.29 is 24.1 Å². The molecule has 0 aromatic heterocycles. The van der Waals surface area contributed by atoms with Crippen LogP contribution in [-0.4, -0.2) is 36.0 Å². The second-order valence-corrected chi connectivity index (χ2v) is 10.3. The lowest BCUT2D eigenvalue weighted by molar-refractivity contribution is -0.0199. The molecular formula is C31H26N2O5S. The molecule has 2 atom stereocenters. The molecule has 8 heteroatoms. The van der Waals surface area contributed by atoms with E-state index in [9.17, 15) is 9.90 Å². The Bertz CT molecular complexity index is 1560. The van der Waals surface area contributed by atoms with Gasteiger partial charge < -0.3 is 19.3 Å². The fraction of sp³-hybridized carbons (Fsp3) is 0.161.